The average Bonchev–Trinajstić information content (AvgIpc) is 2.66. The highest BCUT2D eigenvalue weighted by Crippen LogP contribution is 2.10. The fourth-order valence-electron chi connectivity index (χ4n) is 2.44. The predicted molar refractivity (Wildman–Crippen MR) is 108 cm³/mol. The van der Waals surface area contributed by atoms with Gasteiger partial charge in [0, 0.05) is 6.42 Å². The van der Waals surface area contributed by atoms with E-state index in [1.165, 1.54) is 77.7 Å². The summed E-state index contributed by atoms with van der Waals surface area (Å²) in [5, 5.41) is 10.8. The van der Waals surface area contributed by atoms with Crippen molar-refractivity contribution in [3.8, 4) is 0 Å². The third-order valence-electron chi connectivity index (χ3n) is 3.87. The minimum atomic E-state index is -0.0763. The lowest BCUT2D eigenvalue weighted by molar-refractivity contribution is -0.140. The zero-order valence-corrected chi connectivity index (χ0v) is 17.2. The van der Waals surface area contributed by atoms with Crippen LogP contribution in [0.1, 0.15) is 96.8 Å². The van der Waals surface area contributed by atoms with Crippen molar-refractivity contribution in [1.82, 2.24) is 0 Å². The molecule has 0 aromatic carbocycles. The van der Waals surface area contributed by atoms with E-state index in [0.717, 1.165) is 25.0 Å². The summed E-state index contributed by atoms with van der Waals surface area (Å²) in [6.07, 6.45) is 23.5. The molecule has 0 amide bonds. The molecule has 0 fully saturated rings. The van der Waals surface area contributed by atoms with Crippen LogP contribution in [-0.2, 0) is 19.1 Å². The highest BCUT2D eigenvalue weighted by atomic mass is 16.5. The van der Waals surface area contributed by atoms with Gasteiger partial charge in [-0.2, -0.15) is 0 Å². The van der Waals surface area contributed by atoms with Crippen LogP contribution in [0.4, 0.5) is 0 Å². The number of isocyanates is 2. The number of carbonyl (C=O) groups excluding carboxylic acids is 3. The standard InChI is InChI=1S/C19H36O2.2CHNO/c1-3-4-5-6-7-8-9-10-11-12-13-14-15-16-17-18-19(20)21-2;2*2-1-3/h10-11H,3-9,12-18H2,1-2H3;2*2H/b11-10-;;. The van der Waals surface area contributed by atoms with E-state index >= 15 is 0 Å². The summed E-state index contributed by atoms with van der Waals surface area (Å²) in [7, 11) is 1.46. The monoisotopic (exact) mass is 382 g/mol. The van der Waals surface area contributed by atoms with E-state index in [1.54, 1.807) is 0 Å². The van der Waals surface area contributed by atoms with Gasteiger partial charge in [-0.1, -0.05) is 70.4 Å². The Bertz CT molecular complexity index is 385. The van der Waals surface area contributed by atoms with Crippen LogP contribution in [0.25, 0.3) is 0 Å². The molecule has 0 spiro atoms. The molecule has 0 radical (unpaired) electrons. The lowest BCUT2D eigenvalue weighted by Crippen LogP contribution is -1.98. The molecule has 0 rings (SSSR count). The van der Waals surface area contributed by atoms with Crippen molar-refractivity contribution in [2.45, 2.75) is 96.8 Å². The Hall–Kier alpha value is -2.03. The zero-order chi connectivity index (χ0) is 21.0. The quantitative estimate of drug-likeness (QED) is 0.119. The number of hydrogen-bond acceptors (Lipinski definition) is 6. The highest BCUT2D eigenvalue weighted by molar-refractivity contribution is 5.68. The first-order valence-corrected chi connectivity index (χ1v) is 9.94. The van der Waals surface area contributed by atoms with E-state index in [-0.39, 0.29) is 5.97 Å². The smallest absolute Gasteiger partial charge is 0.305 e. The summed E-state index contributed by atoms with van der Waals surface area (Å²) in [6, 6.07) is 0. The molecule has 6 heteroatoms. The molecule has 6 nitrogen and oxygen atoms in total. The van der Waals surface area contributed by atoms with Gasteiger partial charge in [0.1, 0.15) is 0 Å². The van der Waals surface area contributed by atoms with Crippen LogP contribution in [0.2, 0.25) is 0 Å². The second-order valence-electron chi connectivity index (χ2n) is 6.11. The van der Waals surface area contributed by atoms with Gasteiger partial charge in [0.2, 0.25) is 12.2 Å². The number of carbonyl (C=O) groups is 1. The minimum absolute atomic E-state index is 0.0763. The van der Waals surface area contributed by atoms with Gasteiger partial charge in [-0.3, -0.25) is 4.79 Å². The molecule has 0 heterocycles. The third kappa shape index (κ3) is 40.2. The molecule has 2 N–H and O–H groups in total. The lowest BCUT2D eigenvalue weighted by Gasteiger charge is -2.00. The number of allylic oxidation sites excluding steroid dienone is 2. The number of rotatable bonds is 15. The zero-order valence-electron chi connectivity index (χ0n) is 17.2. The van der Waals surface area contributed by atoms with E-state index in [0.29, 0.717) is 6.42 Å². The first-order valence-electron chi connectivity index (χ1n) is 9.94. The number of unbranched alkanes of at least 4 members (excludes halogenated alkanes) is 11. The normalized spacial score (nSPS) is 9.26. The molecule has 0 aromatic heterocycles. The van der Waals surface area contributed by atoms with E-state index < -0.39 is 0 Å². The summed E-state index contributed by atoms with van der Waals surface area (Å²) < 4.78 is 4.62. The van der Waals surface area contributed by atoms with Gasteiger partial charge in [-0.25, -0.2) is 20.4 Å². The number of ether oxygens (including phenoxy) is 1. The van der Waals surface area contributed by atoms with Gasteiger partial charge in [0.25, 0.3) is 0 Å². The Balaban J connectivity index is -0.000000840. The van der Waals surface area contributed by atoms with Crippen molar-refractivity contribution in [2.24, 2.45) is 0 Å². The molecule has 0 aliphatic carbocycles. The average molecular weight is 383 g/mol. The number of nitrogens with one attached hydrogen (secondary N) is 2. The van der Waals surface area contributed by atoms with Crippen molar-refractivity contribution in [1.29, 1.82) is 10.8 Å². The van der Waals surface area contributed by atoms with Gasteiger partial charge < -0.3 is 4.74 Å². The van der Waals surface area contributed by atoms with Crippen LogP contribution in [0, 0.1) is 10.8 Å². The highest BCUT2D eigenvalue weighted by Gasteiger charge is 1.98. The lowest BCUT2D eigenvalue weighted by atomic mass is 10.1. The van der Waals surface area contributed by atoms with Gasteiger partial charge in [-0.15, -0.1) is 0 Å². The Kier molecular flexibility index (Phi) is 34.9. The minimum Gasteiger partial charge on any atom is -0.469 e. The largest absolute Gasteiger partial charge is 0.469 e. The second kappa shape index (κ2) is 31.7. The summed E-state index contributed by atoms with van der Waals surface area (Å²) in [6.45, 7) is 2.27. The molecule has 0 aliphatic heterocycles. The van der Waals surface area contributed by atoms with Crippen LogP contribution in [0.3, 0.4) is 0 Å². The van der Waals surface area contributed by atoms with Gasteiger partial charge in [-0.05, 0) is 32.1 Å². The van der Waals surface area contributed by atoms with Crippen molar-refractivity contribution in [2.75, 3.05) is 7.11 Å². The molecule has 0 bridgehead atoms. The number of hydrogen-bond donors (Lipinski definition) is 2. The van der Waals surface area contributed by atoms with E-state index in [2.05, 4.69) is 23.8 Å². The SMILES string of the molecule is CCCCCCCC/C=C\CCCCCCCC(=O)OC.N=C=O.N=C=O. The number of esters is 1. The molecule has 0 unspecified atom stereocenters. The first kappa shape index (κ1) is 29.7. The van der Waals surface area contributed by atoms with Crippen LogP contribution < -0.4 is 0 Å². The fourth-order valence-corrected chi connectivity index (χ4v) is 2.44. The Morgan fingerprint density at radius 1 is 0.778 bits per heavy atom. The molecule has 156 valence electrons. The van der Waals surface area contributed by atoms with Gasteiger partial charge in [0.15, 0.2) is 0 Å². The molecule has 0 saturated carbocycles. The predicted octanol–water partition coefficient (Wildman–Crippen LogP) is 6.00. The molecular weight excluding hydrogens is 344 g/mol. The van der Waals surface area contributed by atoms with Crippen molar-refractivity contribution in [3.05, 3.63) is 12.2 Å². The Labute approximate surface area is 164 Å². The second-order valence-corrected chi connectivity index (χ2v) is 6.11. The Morgan fingerprint density at radius 3 is 1.56 bits per heavy atom. The first-order chi connectivity index (χ1) is 13.1. The van der Waals surface area contributed by atoms with E-state index in [4.69, 9.17) is 20.4 Å². The van der Waals surface area contributed by atoms with Gasteiger partial charge in [0.05, 0.1) is 7.11 Å². The maximum Gasteiger partial charge on any atom is 0.305 e. The van der Waals surface area contributed by atoms with Crippen molar-refractivity contribution < 1.29 is 19.1 Å². The Morgan fingerprint density at radius 2 is 1.15 bits per heavy atom. The maximum atomic E-state index is 10.9. The summed E-state index contributed by atoms with van der Waals surface area (Å²) >= 11 is 0. The maximum absolute atomic E-state index is 10.9. The van der Waals surface area contributed by atoms with Crippen molar-refractivity contribution in [3.63, 3.8) is 0 Å². The summed E-state index contributed by atoms with van der Waals surface area (Å²) in [4.78, 5) is 27.6. The van der Waals surface area contributed by atoms with E-state index in [9.17, 15) is 4.79 Å². The molecule has 0 saturated heterocycles. The fraction of sp³-hybridized carbons (Fsp3) is 0.762. The molecular formula is C21H38N2O4. The van der Waals surface area contributed by atoms with Crippen LogP contribution >= 0.6 is 0 Å². The summed E-state index contributed by atoms with van der Waals surface area (Å²) in [5.41, 5.74) is 0. The molecule has 0 atom stereocenters. The van der Waals surface area contributed by atoms with Crippen LogP contribution in [-0.4, -0.2) is 25.2 Å². The molecule has 27 heavy (non-hydrogen) atoms. The topological polar surface area (TPSA) is 108 Å². The number of methoxy groups -OCH3 is 1. The third-order valence-corrected chi connectivity index (χ3v) is 3.87. The van der Waals surface area contributed by atoms with E-state index in [1.807, 2.05) is 0 Å². The van der Waals surface area contributed by atoms with Crippen LogP contribution in [0.5, 0.6) is 0 Å². The van der Waals surface area contributed by atoms with Gasteiger partial charge >= 0.3 is 5.97 Å². The summed E-state index contributed by atoms with van der Waals surface area (Å²) in [5.74, 6) is -0.0763. The van der Waals surface area contributed by atoms with Crippen molar-refractivity contribution >= 4 is 18.1 Å². The molecule has 0 aromatic rings. The molecule has 0 aliphatic rings. The van der Waals surface area contributed by atoms with Crippen LogP contribution in [0.15, 0.2) is 12.2 Å².